The summed E-state index contributed by atoms with van der Waals surface area (Å²) in [5, 5.41) is 7.08. The van der Waals surface area contributed by atoms with Crippen LogP contribution in [-0.4, -0.2) is 34.1 Å². The minimum absolute atomic E-state index is 0.0467. The molecule has 1 aromatic carbocycles. The summed E-state index contributed by atoms with van der Waals surface area (Å²) in [6, 6.07) is 6.40. The molecule has 1 aromatic heterocycles. The second-order valence-electron chi connectivity index (χ2n) is 5.37. The number of benzene rings is 1. The molecule has 0 spiro atoms. The van der Waals surface area contributed by atoms with Crippen molar-refractivity contribution in [2.75, 3.05) is 6.61 Å². The minimum atomic E-state index is -2.83. The Bertz CT molecular complexity index is 711. The Kier molecular flexibility index (Phi) is 5.52. The molecule has 1 N–H and O–H groups in total. The molecule has 6 nitrogen and oxygen atoms in total. The summed E-state index contributed by atoms with van der Waals surface area (Å²) >= 11 is 1.40. The number of alkyl halides is 2. The number of aromatic nitrogens is 3. The van der Waals surface area contributed by atoms with Crippen molar-refractivity contribution in [2.45, 2.75) is 43.0 Å². The Morgan fingerprint density at radius 3 is 2.88 bits per heavy atom. The molecule has 0 amide bonds. The van der Waals surface area contributed by atoms with E-state index in [0.717, 1.165) is 25.0 Å². The molecule has 0 radical (unpaired) electrons. The highest BCUT2D eigenvalue weighted by molar-refractivity contribution is 7.98. The van der Waals surface area contributed by atoms with Gasteiger partial charge in [0.05, 0.1) is 12.6 Å². The first kappa shape index (κ1) is 17.0. The molecule has 2 heterocycles. The van der Waals surface area contributed by atoms with Crippen molar-refractivity contribution in [2.24, 2.45) is 0 Å². The summed E-state index contributed by atoms with van der Waals surface area (Å²) in [5.41, 5.74) is 0.661. The normalized spacial score (nSPS) is 17.5. The number of rotatable bonds is 7. The predicted octanol–water partition coefficient (Wildman–Crippen LogP) is 2.64. The Morgan fingerprint density at radius 2 is 2.21 bits per heavy atom. The van der Waals surface area contributed by atoms with E-state index in [4.69, 9.17) is 4.74 Å². The van der Waals surface area contributed by atoms with Gasteiger partial charge < -0.3 is 9.47 Å². The zero-order chi connectivity index (χ0) is 16.9. The van der Waals surface area contributed by atoms with Gasteiger partial charge in [-0.2, -0.15) is 8.78 Å². The van der Waals surface area contributed by atoms with Gasteiger partial charge in [-0.1, -0.05) is 23.9 Å². The zero-order valence-corrected chi connectivity index (χ0v) is 13.6. The zero-order valence-electron chi connectivity index (χ0n) is 12.8. The van der Waals surface area contributed by atoms with E-state index >= 15 is 0 Å². The van der Waals surface area contributed by atoms with Crippen LogP contribution in [0.25, 0.3) is 0 Å². The summed E-state index contributed by atoms with van der Waals surface area (Å²) in [7, 11) is 0. The van der Waals surface area contributed by atoms with Gasteiger partial charge >= 0.3 is 12.3 Å². The number of halogens is 2. The molecule has 1 unspecified atom stereocenters. The number of thioether (sulfide) groups is 1. The number of hydrogen-bond donors (Lipinski definition) is 1. The van der Waals surface area contributed by atoms with Crippen LogP contribution in [0.2, 0.25) is 0 Å². The Hall–Kier alpha value is -1.87. The van der Waals surface area contributed by atoms with E-state index in [9.17, 15) is 13.6 Å². The minimum Gasteiger partial charge on any atom is -0.435 e. The molecule has 1 fully saturated rings. The maximum atomic E-state index is 12.1. The van der Waals surface area contributed by atoms with Crippen molar-refractivity contribution >= 4 is 11.8 Å². The van der Waals surface area contributed by atoms with Crippen molar-refractivity contribution in [1.29, 1.82) is 0 Å². The second kappa shape index (κ2) is 7.80. The monoisotopic (exact) mass is 357 g/mol. The van der Waals surface area contributed by atoms with Gasteiger partial charge in [0.1, 0.15) is 5.75 Å². The van der Waals surface area contributed by atoms with E-state index in [1.807, 2.05) is 0 Å². The highest BCUT2D eigenvalue weighted by Gasteiger charge is 2.19. The van der Waals surface area contributed by atoms with Crippen LogP contribution in [0.3, 0.4) is 0 Å². The summed E-state index contributed by atoms with van der Waals surface area (Å²) in [4.78, 5) is 11.9. The van der Waals surface area contributed by atoms with Gasteiger partial charge in [-0.15, -0.1) is 5.10 Å². The van der Waals surface area contributed by atoms with Crippen LogP contribution in [0.15, 0.2) is 34.2 Å². The molecular weight excluding hydrogens is 340 g/mol. The van der Waals surface area contributed by atoms with Crippen molar-refractivity contribution in [3.05, 3.63) is 40.3 Å². The van der Waals surface area contributed by atoms with E-state index in [2.05, 4.69) is 14.9 Å². The van der Waals surface area contributed by atoms with Crippen LogP contribution >= 0.6 is 11.8 Å². The molecule has 0 aliphatic carbocycles. The molecule has 1 atom stereocenters. The average Bonchev–Trinajstić information content (AvgIpc) is 3.18. The van der Waals surface area contributed by atoms with Crippen molar-refractivity contribution in [3.8, 4) is 5.75 Å². The van der Waals surface area contributed by atoms with Gasteiger partial charge in [-0.05, 0) is 30.5 Å². The molecule has 130 valence electrons. The fourth-order valence-corrected chi connectivity index (χ4v) is 3.39. The van der Waals surface area contributed by atoms with E-state index in [1.54, 1.807) is 16.7 Å². The molecule has 9 heteroatoms. The van der Waals surface area contributed by atoms with Gasteiger partial charge in [-0.3, -0.25) is 4.57 Å². The maximum absolute atomic E-state index is 12.1. The maximum Gasteiger partial charge on any atom is 0.387 e. The second-order valence-corrected chi connectivity index (χ2v) is 6.31. The molecule has 0 bridgehead atoms. The van der Waals surface area contributed by atoms with Gasteiger partial charge in [0, 0.05) is 12.4 Å². The third-order valence-electron chi connectivity index (χ3n) is 3.65. The number of nitrogens with zero attached hydrogens (tertiary/aromatic N) is 2. The number of aromatic amines is 1. The summed E-state index contributed by atoms with van der Waals surface area (Å²) < 4.78 is 35.7. The lowest BCUT2D eigenvalue weighted by Gasteiger charge is -2.11. The van der Waals surface area contributed by atoms with Gasteiger partial charge in [0.25, 0.3) is 0 Å². The summed E-state index contributed by atoms with van der Waals surface area (Å²) in [6.07, 6.45) is 1.99. The van der Waals surface area contributed by atoms with Crippen LogP contribution in [-0.2, 0) is 17.0 Å². The van der Waals surface area contributed by atoms with E-state index in [0.29, 0.717) is 17.5 Å². The number of H-pyrrole nitrogens is 1. The van der Waals surface area contributed by atoms with E-state index in [1.165, 1.54) is 23.9 Å². The fraction of sp³-hybridized carbons (Fsp3) is 0.467. The molecular formula is C15H17F2N3O3S. The quantitative estimate of drug-likeness (QED) is 0.772. The molecule has 24 heavy (non-hydrogen) atoms. The SMILES string of the molecule is O=c1[nH]nc(SCc2ccc(OC(F)F)cc2)n1CC1CCCO1. The average molecular weight is 357 g/mol. The molecule has 1 aliphatic rings. The molecule has 0 saturated carbocycles. The van der Waals surface area contributed by atoms with E-state index in [-0.39, 0.29) is 17.5 Å². The standard InChI is InChI=1S/C15H17F2N3O3S/c16-13(17)23-11-5-3-10(4-6-11)9-24-15-19-18-14(21)20(15)8-12-2-1-7-22-12/h3-6,12-13H,1-2,7-9H2,(H,18,21). The summed E-state index contributed by atoms with van der Waals surface area (Å²) in [5.74, 6) is 0.680. The highest BCUT2D eigenvalue weighted by atomic mass is 32.2. The summed E-state index contributed by atoms with van der Waals surface area (Å²) in [6.45, 7) is -1.62. The third kappa shape index (κ3) is 4.35. The molecule has 3 rings (SSSR count). The first-order valence-corrected chi connectivity index (χ1v) is 8.54. The number of ether oxygens (including phenoxy) is 2. The van der Waals surface area contributed by atoms with Crippen molar-refractivity contribution in [3.63, 3.8) is 0 Å². The Labute approximate surface area is 141 Å². The number of nitrogens with one attached hydrogen (secondary N) is 1. The van der Waals surface area contributed by atoms with Crippen LogP contribution < -0.4 is 10.4 Å². The van der Waals surface area contributed by atoms with Gasteiger partial charge in [-0.25, -0.2) is 9.89 Å². The first-order valence-electron chi connectivity index (χ1n) is 7.55. The van der Waals surface area contributed by atoms with Crippen molar-refractivity contribution in [1.82, 2.24) is 14.8 Å². The lowest BCUT2D eigenvalue weighted by molar-refractivity contribution is -0.0498. The smallest absolute Gasteiger partial charge is 0.387 e. The first-order chi connectivity index (χ1) is 11.6. The van der Waals surface area contributed by atoms with E-state index < -0.39 is 6.61 Å². The van der Waals surface area contributed by atoms with Crippen LogP contribution in [0, 0.1) is 0 Å². The van der Waals surface area contributed by atoms with Gasteiger partial charge in [0.15, 0.2) is 5.16 Å². The van der Waals surface area contributed by atoms with Gasteiger partial charge in [0.2, 0.25) is 0 Å². The van der Waals surface area contributed by atoms with Crippen LogP contribution in [0.4, 0.5) is 8.78 Å². The fourth-order valence-electron chi connectivity index (χ4n) is 2.48. The lowest BCUT2D eigenvalue weighted by atomic mass is 10.2. The lowest BCUT2D eigenvalue weighted by Crippen LogP contribution is -2.24. The molecule has 2 aromatic rings. The van der Waals surface area contributed by atoms with Crippen molar-refractivity contribution < 1.29 is 18.3 Å². The Balaban J connectivity index is 1.61. The number of hydrogen-bond acceptors (Lipinski definition) is 5. The topological polar surface area (TPSA) is 69.1 Å². The molecule has 1 aliphatic heterocycles. The van der Waals surface area contributed by atoms with Crippen LogP contribution in [0.5, 0.6) is 5.75 Å². The van der Waals surface area contributed by atoms with Crippen LogP contribution in [0.1, 0.15) is 18.4 Å². The third-order valence-corrected chi connectivity index (χ3v) is 4.70. The molecule has 1 saturated heterocycles. The largest absolute Gasteiger partial charge is 0.435 e. The predicted molar refractivity (Wildman–Crippen MR) is 84.5 cm³/mol. The Morgan fingerprint density at radius 1 is 1.42 bits per heavy atom. The highest BCUT2D eigenvalue weighted by Crippen LogP contribution is 2.23.